The Hall–Kier alpha value is -1.72. The lowest BCUT2D eigenvalue weighted by atomic mass is 10.0. The van der Waals surface area contributed by atoms with Gasteiger partial charge >= 0.3 is 5.97 Å². The second-order valence-corrected chi connectivity index (χ2v) is 5.66. The summed E-state index contributed by atoms with van der Waals surface area (Å²) in [6.07, 6.45) is 0. The number of hydrogen-bond donors (Lipinski definition) is 1. The molecule has 6 heteroatoms. The van der Waals surface area contributed by atoms with Crippen LogP contribution in [0.2, 0.25) is 0 Å². The molecule has 0 saturated heterocycles. The summed E-state index contributed by atoms with van der Waals surface area (Å²) in [5.41, 5.74) is 3.13. The molecule has 0 saturated carbocycles. The molecule has 0 unspecified atom stereocenters. The first kappa shape index (κ1) is 20.3. The van der Waals surface area contributed by atoms with E-state index in [4.69, 9.17) is 4.74 Å². The standard InChI is InChI=1S/C18H26N2O3.ClH/c1-6-20(7-2)11-13-15(21)10-9-14-17(13)16(12(4)19(14)5)18(22)23-8-3;/h9-10,21H,6-8,11H2,1-5H3;1H/p-1. The van der Waals surface area contributed by atoms with Crippen LogP contribution in [0.15, 0.2) is 12.1 Å². The van der Waals surface area contributed by atoms with Gasteiger partial charge in [-0.15, -0.1) is 0 Å². The number of fused-ring (bicyclic) bond motifs is 1. The number of esters is 1. The SMILES string of the molecule is CCOC(=O)c1c(C)n(C)c2ccc(O)c(CN(CC)CC)c12.[Cl-]. The minimum Gasteiger partial charge on any atom is -1.00 e. The normalized spacial score (nSPS) is 10.9. The number of phenolic OH excluding ortho intramolecular Hbond substituents is 1. The number of aromatic nitrogens is 1. The average molecular weight is 354 g/mol. The summed E-state index contributed by atoms with van der Waals surface area (Å²) >= 11 is 0. The van der Waals surface area contributed by atoms with Crippen molar-refractivity contribution < 1.29 is 27.0 Å². The lowest BCUT2D eigenvalue weighted by molar-refractivity contribution is -0.0000243. The van der Waals surface area contributed by atoms with Crippen LogP contribution in [0.5, 0.6) is 5.75 Å². The second kappa shape index (κ2) is 8.40. The number of carbonyl (C=O) groups excluding carboxylic acids is 1. The van der Waals surface area contributed by atoms with Crippen LogP contribution < -0.4 is 12.4 Å². The molecule has 0 radical (unpaired) electrons. The van der Waals surface area contributed by atoms with Gasteiger partial charge in [-0.3, -0.25) is 4.90 Å². The third-order valence-corrected chi connectivity index (χ3v) is 4.50. The number of benzene rings is 1. The molecule has 1 N–H and O–H groups in total. The fraction of sp³-hybridized carbons (Fsp3) is 0.500. The number of rotatable bonds is 6. The van der Waals surface area contributed by atoms with Gasteiger partial charge < -0.3 is 26.8 Å². The van der Waals surface area contributed by atoms with E-state index in [-0.39, 0.29) is 24.1 Å². The van der Waals surface area contributed by atoms with Crippen molar-refractivity contribution in [3.05, 3.63) is 29.0 Å². The maximum absolute atomic E-state index is 12.5. The Morgan fingerprint density at radius 1 is 1.25 bits per heavy atom. The number of ether oxygens (including phenoxy) is 1. The number of hydrogen-bond acceptors (Lipinski definition) is 4. The molecule has 0 atom stereocenters. The van der Waals surface area contributed by atoms with Crippen LogP contribution in [0.3, 0.4) is 0 Å². The van der Waals surface area contributed by atoms with Crippen molar-refractivity contribution in [1.29, 1.82) is 0 Å². The molecule has 0 aliphatic rings. The minimum atomic E-state index is -0.331. The van der Waals surface area contributed by atoms with Gasteiger partial charge in [-0.25, -0.2) is 4.79 Å². The molecule has 134 valence electrons. The highest BCUT2D eigenvalue weighted by atomic mass is 35.5. The molecular formula is C18H26ClN2O3-. The second-order valence-electron chi connectivity index (χ2n) is 5.66. The van der Waals surface area contributed by atoms with E-state index in [9.17, 15) is 9.90 Å². The van der Waals surface area contributed by atoms with Crippen molar-refractivity contribution in [1.82, 2.24) is 9.47 Å². The van der Waals surface area contributed by atoms with E-state index >= 15 is 0 Å². The maximum Gasteiger partial charge on any atom is 0.340 e. The molecular weight excluding hydrogens is 328 g/mol. The number of aromatic hydroxyl groups is 1. The van der Waals surface area contributed by atoms with E-state index < -0.39 is 0 Å². The molecule has 2 rings (SSSR count). The lowest BCUT2D eigenvalue weighted by Gasteiger charge is -2.19. The van der Waals surface area contributed by atoms with Gasteiger partial charge in [-0.05, 0) is 39.1 Å². The summed E-state index contributed by atoms with van der Waals surface area (Å²) in [5, 5.41) is 11.2. The van der Waals surface area contributed by atoms with Crippen LogP contribution in [-0.4, -0.2) is 40.2 Å². The van der Waals surface area contributed by atoms with Crippen molar-refractivity contribution in [3.8, 4) is 5.75 Å². The Bertz CT molecular complexity index is 721. The van der Waals surface area contributed by atoms with Crippen LogP contribution in [0.4, 0.5) is 0 Å². The van der Waals surface area contributed by atoms with Crippen LogP contribution in [0, 0.1) is 6.92 Å². The Morgan fingerprint density at radius 2 is 1.88 bits per heavy atom. The van der Waals surface area contributed by atoms with E-state index in [2.05, 4.69) is 18.7 Å². The molecule has 0 spiro atoms. The van der Waals surface area contributed by atoms with Crippen LogP contribution in [-0.2, 0) is 18.3 Å². The summed E-state index contributed by atoms with van der Waals surface area (Å²) in [7, 11) is 1.93. The van der Waals surface area contributed by atoms with Crippen molar-refractivity contribution in [2.45, 2.75) is 34.2 Å². The minimum absolute atomic E-state index is 0. The zero-order valence-electron chi connectivity index (χ0n) is 15.0. The van der Waals surface area contributed by atoms with Gasteiger partial charge in [0.05, 0.1) is 12.2 Å². The molecule has 0 aliphatic heterocycles. The first-order valence-electron chi connectivity index (χ1n) is 8.15. The predicted octanol–water partition coefficient (Wildman–Crippen LogP) is 0.215. The molecule has 1 heterocycles. The van der Waals surface area contributed by atoms with Crippen LogP contribution in [0.25, 0.3) is 10.9 Å². The van der Waals surface area contributed by atoms with E-state index in [0.29, 0.717) is 18.7 Å². The number of nitrogens with zero attached hydrogens (tertiary/aromatic N) is 2. The highest BCUT2D eigenvalue weighted by molar-refractivity contribution is 6.07. The Labute approximate surface area is 149 Å². The summed E-state index contributed by atoms with van der Waals surface area (Å²) < 4.78 is 7.21. The summed E-state index contributed by atoms with van der Waals surface area (Å²) in [4.78, 5) is 14.7. The molecule has 2 aromatic rings. The van der Waals surface area contributed by atoms with E-state index in [1.165, 1.54) is 0 Å². The number of aryl methyl sites for hydroxylation is 1. The van der Waals surface area contributed by atoms with Gasteiger partial charge in [-0.2, -0.15) is 0 Å². The smallest absolute Gasteiger partial charge is 0.340 e. The van der Waals surface area contributed by atoms with Gasteiger partial charge in [-0.1, -0.05) is 13.8 Å². The topological polar surface area (TPSA) is 54.7 Å². The van der Waals surface area contributed by atoms with Crippen molar-refractivity contribution >= 4 is 16.9 Å². The van der Waals surface area contributed by atoms with Gasteiger partial charge in [0.1, 0.15) is 5.75 Å². The predicted molar refractivity (Wildman–Crippen MR) is 91.9 cm³/mol. The maximum atomic E-state index is 12.5. The molecule has 1 aromatic heterocycles. The van der Waals surface area contributed by atoms with Gasteiger partial charge in [0.2, 0.25) is 0 Å². The summed E-state index contributed by atoms with van der Waals surface area (Å²) in [5.74, 6) is -0.109. The highest BCUT2D eigenvalue weighted by Gasteiger charge is 2.24. The molecule has 24 heavy (non-hydrogen) atoms. The zero-order valence-corrected chi connectivity index (χ0v) is 15.8. The first-order chi connectivity index (χ1) is 11.0. The molecule has 1 aromatic carbocycles. The fourth-order valence-electron chi connectivity index (χ4n) is 3.00. The van der Waals surface area contributed by atoms with Crippen molar-refractivity contribution in [2.24, 2.45) is 7.05 Å². The lowest BCUT2D eigenvalue weighted by Crippen LogP contribution is -3.00. The largest absolute Gasteiger partial charge is 1.00 e. The Morgan fingerprint density at radius 3 is 2.42 bits per heavy atom. The Balaban J connectivity index is 0.00000288. The van der Waals surface area contributed by atoms with Gasteiger partial charge in [0.25, 0.3) is 0 Å². The average Bonchev–Trinajstić information content (AvgIpc) is 2.79. The van der Waals surface area contributed by atoms with Crippen LogP contribution in [0.1, 0.15) is 42.4 Å². The molecule has 0 aliphatic carbocycles. The number of phenols is 1. The van der Waals surface area contributed by atoms with E-state index in [1.807, 2.05) is 24.6 Å². The molecule has 0 amide bonds. The van der Waals surface area contributed by atoms with Crippen LogP contribution >= 0.6 is 0 Å². The molecule has 0 bridgehead atoms. The van der Waals surface area contributed by atoms with Crippen molar-refractivity contribution in [3.63, 3.8) is 0 Å². The van der Waals surface area contributed by atoms with E-state index in [1.54, 1.807) is 13.0 Å². The Kier molecular flexibility index (Phi) is 7.11. The summed E-state index contributed by atoms with van der Waals surface area (Å²) in [6, 6.07) is 3.56. The quantitative estimate of drug-likeness (QED) is 0.755. The fourth-order valence-corrected chi connectivity index (χ4v) is 3.00. The number of carbonyl (C=O) groups is 1. The number of halogens is 1. The zero-order chi connectivity index (χ0) is 17.1. The van der Waals surface area contributed by atoms with Gasteiger partial charge in [0.15, 0.2) is 0 Å². The molecule has 5 nitrogen and oxygen atoms in total. The third kappa shape index (κ3) is 3.52. The van der Waals surface area contributed by atoms with E-state index in [0.717, 1.165) is 35.2 Å². The first-order valence-corrected chi connectivity index (χ1v) is 8.15. The highest BCUT2D eigenvalue weighted by Crippen LogP contribution is 2.34. The van der Waals surface area contributed by atoms with Gasteiger partial charge in [0, 0.05) is 35.8 Å². The monoisotopic (exact) mass is 353 g/mol. The van der Waals surface area contributed by atoms with Crippen molar-refractivity contribution in [2.75, 3.05) is 19.7 Å². The summed E-state index contributed by atoms with van der Waals surface area (Å²) in [6.45, 7) is 10.6. The third-order valence-electron chi connectivity index (χ3n) is 4.50. The molecule has 0 fully saturated rings.